The molecule has 1 rings (SSSR count). The molecule has 4 nitrogen and oxygen atoms in total. The van der Waals surface area contributed by atoms with Gasteiger partial charge in [-0.3, -0.25) is 4.79 Å². The first-order chi connectivity index (χ1) is 10.8. The van der Waals surface area contributed by atoms with Crippen LogP contribution in [0.1, 0.15) is 47.1 Å². The molecule has 0 heterocycles. The molecule has 0 saturated heterocycles. The Balaban J connectivity index is 2.46. The van der Waals surface area contributed by atoms with Gasteiger partial charge in [0, 0.05) is 13.1 Å². The summed E-state index contributed by atoms with van der Waals surface area (Å²) in [7, 11) is 0. The molecular weight excluding hydrogens is 288 g/mol. The molecule has 0 radical (unpaired) electrons. The van der Waals surface area contributed by atoms with Crippen LogP contribution in [0.15, 0.2) is 24.3 Å². The van der Waals surface area contributed by atoms with Crippen molar-refractivity contribution in [3.63, 3.8) is 0 Å². The van der Waals surface area contributed by atoms with Crippen LogP contribution >= 0.6 is 0 Å². The predicted octanol–water partition coefficient (Wildman–Crippen LogP) is 3.21. The molecule has 130 valence electrons. The van der Waals surface area contributed by atoms with E-state index in [0.29, 0.717) is 6.54 Å². The van der Waals surface area contributed by atoms with Gasteiger partial charge in [0.2, 0.25) is 0 Å². The van der Waals surface area contributed by atoms with E-state index in [9.17, 15) is 4.79 Å². The van der Waals surface area contributed by atoms with Crippen molar-refractivity contribution >= 4 is 5.91 Å². The van der Waals surface area contributed by atoms with E-state index < -0.39 is 6.10 Å². The van der Waals surface area contributed by atoms with Gasteiger partial charge in [-0.1, -0.05) is 46.8 Å². The molecule has 1 atom stereocenters. The van der Waals surface area contributed by atoms with Crippen LogP contribution in [0.5, 0.6) is 5.75 Å². The third-order valence-electron chi connectivity index (χ3n) is 4.02. The standard InChI is InChI=1S/C19H32N2O2/c1-7-21(8-2)14-13-20-18(22)15(3)23-17-11-9-16(10-12-17)19(4,5)6/h9-12,15H,7-8,13-14H2,1-6H3,(H,20,22). The minimum Gasteiger partial charge on any atom is -0.481 e. The van der Waals surface area contributed by atoms with Crippen LogP contribution in [0.3, 0.4) is 0 Å². The van der Waals surface area contributed by atoms with Gasteiger partial charge in [-0.2, -0.15) is 0 Å². The number of nitrogens with zero attached hydrogens (tertiary/aromatic N) is 1. The van der Waals surface area contributed by atoms with Crippen molar-refractivity contribution in [3.8, 4) is 5.75 Å². The smallest absolute Gasteiger partial charge is 0.260 e. The van der Waals surface area contributed by atoms with Gasteiger partial charge in [0.15, 0.2) is 6.10 Å². The fraction of sp³-hybridized carbons (Fsp3) is 0.632. The molecule has 0 spiro atoms. The van der Waals surface area contributed by atoms with Gasteiger partial charge in [-0.15, -0.1) is 0 Å². The van der Waals surface area contributed by atoms with Crippen molar-refractivity contribution in [2.24, 2.45) is 0 Å². The minimum atomic E-state index is -0.493. The zero-order chi connectivity index (χ0) is 17.5. The molecule has 1 N–H and O–H groups in total. The highest BCUT2D eigenvalue weighted by atomic mass is 16.5. The highest BCUT2D eigenvalue weighted by Crippen LogP contribution is 2.24. The zero-order valence-corrected chi connectivity index (χ0v) is 15.5. The number of likely N-dealkylation sites (N-methyl/N-ethyl adjacent to an activating group) is 1. The summed E-state index contributed by atoms with van der Waals surface area (Å²) in [5.41, 5.74) is 1.37. The summed E-state index contributed by atoms with van der Waals surface area (Å²) in [5.74, 6) is 0.654. The first-order valence-electron chi connectivity index (χ1n) is 8.55. The second-order valence-electron chi connectivity index (χ2n) is 6.85. The van der Waals surface area contributed by atoms with E-state index in [1.807, 2.05) is 12.1 Å². The van der Waals surface area contributed by atoms with Crippen LogP contribution in [-0.2, 0) is 10.2 Å². The highest BCUT2D eigenvalue weighted by Gasteiger charge is 2.16. The van der Waals surface area contributed by atoms with Crippen LogP contribution in [-0.4, -0.2) is 43.1 Å². The van der Waals surface area contributed by atoms with Gasteiger partial charge < -0.3 is 15.0 Å². The lowest BCUT2D eigenvalue weighted by molar-refractivity contribution is -0.127. The van der Waals surface area contributed by atoms with Gasteiger partial charge in [0.1, 0.15) is 5.75 Å². The lowest BCUT2D eigenvalue weighted by Gasteiger charge is -2.21. The topological polar surface area (TPSA) is 41.6 Å². The molecule has 1 amide bonds. The lowest BCUT2D eigenvalue weighted by Crippen LogP contribution is -2.40. The summed E-state index contributed by atoms with van der Waals surface area (Å²) in [5, 5.41) is 2.93. The van der Waals surface area contributed by atoms with Gasteiger partial charge in [-0.25, -0.2) is 0 Å². The quantitative estimate of drug-likeness (QED) is 0.800. The van der Waals surface area contributed by atoms with Crippen molar-refractivity contribution in [1.29, 1.82) is 0 Å². The molecule has 0 aliphatic heterocycles. The maximum absolute atomic E-state index is 12.1. The number of carbonyl (C=O) groups is 1. The van der Waals surface area contributed by atoms with E-state index in [0.717, 1.165) is 25.4 Å². The second kappa shape index (κ2) is 8.92. The van der Waals surface area contributed by atoms with Gasteiger partial charge >= 0.3 is 0 Å². The Bertz CT molecular complexity index is 473. The van der Waals surface area contributed by atoms with Crippen molar-refractivity contribution in [1.82, 2.24) is 10.2 Å². The third-order valence-corrected chi connectivity index (χ3v) is 4.02. The maximum Gasteiger partial charge on any atom is 0.260 e. The maximum atomic E-state index is 12.1. The fourth-order valence-electron chi connectivity index (χ4n) is 2.31. The molecule has 1 aromatic carbocycles. The number of ether oxygens (including phenoxy) is 1. The number of benzene rings is 1. The summed E-state index contributed by atoms with van der Waals surface area (Å²) >= 11 is 0. The monoisotopic (exact) mass is 320 g/mol. The molecule has 23 heavy (non-hydrogen) atoms. The van der Waals surface area contributed by atoms with Crippen molar-refractivity contribution in [2.45, 2.75) is 53.1 Å². The lowest BCUT2D eigenvalue weighted by atomic mass is 9.87. The van der Waals surface area contributed by atoms with Crippen LogP contribution in [0.4, 0.5) is 0 Å². The van der Waals surface area contributed by atoms with Gasteiger partial charge in [0.05, 0.1) is 0 Å². The third kappa shape index (κ3) is 6.61. The number of rotatable bonds is 8. The molecule has 0 bridgehead atoms. The van der Waals surface area contributed by atoms with E-state index in [-0.39, 0.29) is 11.3 Å². The molecule has 1 unspecified atom stereocenters. The number of hydrogen-bond donors (Lipinski definition) is 1. The van der Waals surface area contributed by atoms with Gasteiger partial charge in [0.25, 0.3) is 5.91 Å². The van der Waals surface area contributed by atoms with E-state index in [2.05, 4.69) is 57.0 Å². The Morgan fingerprint density at radius 1 is 1.17 bits per heavy atom. The normalized spacial score (nSPS) is 13.0. The Hall–Kier alpha value is -1.55. The van der Waals surface area contributed by atoms with E-state index in [1.165, 1.54) is 5.56 Å². The largest absolute Gasteiger partial charge is 0.481 e. The number of nitrogens with one attached hydrogen (secondary N) is 1. The van der Waals surface area contributed by atoms with Gasteiger partial charge in [-0.05, 0) is 43.1 Å². The highest BCUT2D eigenvalue weighted by molar-refractivity contribution is 5.80. The number of amides is 1. The number of hydrogen-bond acceptors (Lipinski definition) is 3. The van der Waals surface area contributed by atoms with E-state index in [4.69, 9.17) is 4.74 Å². The SMILES string of the molecule is CCN(CC)CCNC(=O)C(C)Oc1ccc(C(C)(C)C)cc1. The van der Waals surface area contributed by atoms with Crippen LogP contribution < -0.4 is 10.1 Å². The molecular formula is C19H32N2O2. The Morgan fingerprint density at radius 2 is 1.74 bits per heavy atom. The Kier molecular flexibility index (Phi) is 7.56. The predicted molar refractivity (Wildman–Crippen MR) is 96.0 cm³/mol. The molecule has 0 saturated carbocycles. The summed E-state index contributed by atoms with van der Waals surface area (Å²) in [6.07, 6.45) is -0.493. The first-order valence-corrected chi connectivity index (χ1v) is 8.55. The summed E-state index contributed by atoms with van der Waals surface area (Å²) in [4.78, 5) is 14.4. The summed E-state index contributed by atoms with van der Waals surface area (Å²) < 4.78 is 5.73. The summed E-state index contributed by atoms with van der Waals surface area (Å²) in [6, 6.07) is 7.97. The van der Waals surface area contributed by atoms with Crippen LogP contribution in [0.25, 0.3) is 0 Å². The average Bonchev–Trinajstić information content (AvgIpc) is 2.51. The van der Waals surface area contributed by atoms with Crippen molar-refractivity contribution in [3.05, 3.63) is 29.8 Å². The minimum absolute atomic E-state index is 0.0722. The summed E-state index contributed by atoms with van der Waals surface area (Å²) in [6.45, 7) is 16.1. The molecule has 4 heteroatoms. The molecule has 0 aliphatic rings. The zero-order valence-electron chi connectivity index (χ0n) is 15.5. The molecule has 1 aromatic rings. The average molecular weight is 320 g/mol. The van der Waals surface area contributed by atoms with Crippen LogP contribution in [0, 0.1) is 0 Å². The molecule has 0 aromatic heterocycles. The number of carbonyl (C=O) groups excluding carboxylic acids is 1. The molecule has 0 fully saturated rings. The van der Waals surface area contributed by atoms with Crippen molar-refractivity contribution in [2.75, 3.05) is 26.2 Å². The first kappa shape index (κ1) is 19.5. The Labute approximate surface area is 141 Å². The van der Waals surface area contributed by atoms with Crippen molar-refractivity contribution < 1.29 is 9.53 Å². The molecule has 0 aliphatic carbocycles. The fourth-order valence-corrected chi connectivity index (χ4v) is 2.31. The van der Waals surface area contributed by atoms with E-state index in [1.54, 1.807) is 6.92 Å². The van der Waals surface area contributed by atoms with E-state index >= 15 is 0 Å². The Morgan fingerprint density at radius 3 is 2.22 bits per heavy atom. The second-order valence-corrected chi connectivity index (χ2v) is 6.85. The van der Waals surface area contributed by atoms with Crippen LogP contribution in [0.2, 0.25) is 0 Å².